The van der Waals surface area contributed by atoms with Crippen molar-refractivity contribution >= 4 is 33.0 Å². The van der Waals surface area contributed by atoms with Crippen molar-refractivity contribution in [3.05, 3.63) is 35.5 Å². The quantitative estimate of drug-likeness (QED) is 0.767. The van der Waals surface area contributed by atoms with E-state index in [1.165, 1.54) is 19.3 Å². The molecule has 4 rings (SSSR count). The van der Waals surface area contributed by atoms with Gasteiger partial charge in [-0.25, -0.2) is 9.50 Å². The molecule has 1 aliphatic rings. The standard InChI is InChI=1S/C16H17ClN4OS/c17-12-6-4-11(5-7-12)14-10-21-15(18-14)23-16(19-21)20(8-9-22)13-2-1-3-13/h4-7,10,13,22H,1-3,8-9H2. The van der Waals surface area contributed by atoms with E-state index in [1.54, 1.807) is 11.3 Å². The monoisotopic (exact) mass is 348 g/mol. The molecule has 5 nitrogen and oxygen atoms in total. The highest BCUT2D eigenvalue weighted by Crippen LogP contribution is 2.33. The van der Waals surface area contributed by atoms with Crippen molar-refractivity contribution in [1.29, 1.82) is 0 Å². The Labute approximate surface area is 143 Å². The molecule has 3 aromatic rings. The molecule has 0 saturated heterocycles. The van der Waals surface area contributed by atoms with E-state index >= 15 is 0 Å². The fourth-order valence-electron chi connectivity index (χ4n) is 2.81. The lowest BCUT2D eigenvalue weighted by Crippen LogP contribution is -2.42. The molecule has 1 saturated carbocycles. The van der Waals surface area contributed by atoms with E-state index in [2.05, 4.69) is 15.0 Å². The van der Waals surface area contributed by atoms with E-state index in [-0.39, 0.29) is 6.61 Å². The summed E-state index contributed by atoms with van der Waals surface area (Å²) in [6, 6.07) is 8.16. The van der Waals surface area contributed by atoms with Crippen LogP contribution in [0.5, 0.6) is 0 Å². The maximum absolute atomic E-state index is 9.31. The average molecular weight is 349 g/mol. The molecule has 1 fully saturated rings. The highest BCUT2D eigenvalue weighted by molar-refractivity contribution is 7.20. The predicted octanol–water partition coefficient (Wildman–Crippen LogP) is 3.46. The molecular weight excluding hydrogens is 332 g/mol. The SMILES string of the molecule is OCCN(c1nn2cc(-c3ccc(Cl)cc3)nc2s1)C1CCC1. The summed E-state index contributed by atoms with van der Waals surface area (Å²) in [6.45, 7) is 0.778. The van der Waals surface area contributed by atoms with E-state index in [4.69, 9.17) is 11.6 Å². The van der Waals surface area contributed by atoms with Gasteiger partial charge in [-0.1, -0.05) is 35.1 Å². The zero-order valence-electron chi connectivity index (χ0n) is 12.5. The fourth-order valence-corrected chi connectivity index (χ4v) is 3.91. The second-order valence-corrected chi connectivity index (χ2v) is 7.12. The number of halogens is 1. The number of aliphatic hydroxyl groups is 1. The molecule has 0 aliphatic heterocycles. The summed E-state index contributed by atoms with van der Waals surface area (Å²) in [6.07, 6.45) is 5.56. The fraction of sp³-hybridized carbons (Fsp3) is 0.375. The Bertz CT molecular complexity index is 778. The van der Waals surface area contributed by atoms with Crippen LogP contribution < -0.4 is 4.90 Å². The zero-order chi connectivity index (χ0) is 15.8. The summed E-state index contributed by atoms with van der Waals surface area (Å²) in [7, 11) is 0. The summed E-state index contributed by atoms with van der Waals surface area (Å²) in [5.41, 5.74) is 1.92. The van der Waals surface area contributed by atoms with E-state index < -0.39 is 0 Å². The molecule has 0 radical (unpaired) electrons. The van der Waals surface area contributed by atoms with Crippen LogP contribution in [0.4, 0.5) is 5.13 Å². The van der Waals surface area contributed by atoms with Gasteiger partial charge in [0.15, 0.2) is 0 Å². The third-order valence-corrected chi connectivity index (χ3v) is 5.49. The van der Waals surface area contributed by atoms with Gasteiger partial charge in [0.05, 0.1) is 18.5 Å². The van der Waals surface area contributed by atoms with Crippen molar-refractivity contribution in [2.75, 3.05) is 18.1 Å². The van der Waals surface area contributed by atoms with Gasteiger partial charge in [0.25, 0.3) is 0 Å². The normalized spacial score (nSPS) is 15.0. The van der Waals surface area contributed by atoms with Crippen LogP contribution in [-0.4, -0.2) is 38.9 Å². The third kappa shape index (κ3) is 2.82. The number of anilines is 1. The number of fused-ring (bicyclic) bond motifs is 1. The van der Waals surface area contributed by atoms with Gasteiger partial charge in [-0.2, -0.15) is 0 Å². The van der Waals surface area contributed by atoms with E-state index in [1.807, 2.05) is 35.0 Å². The van der Waals surface area contributed by atoms with Gasteiger partial charge in [0.1, 0.15) is 0 Å². The number of aromatic nitrogens is 3. The smallest absolute Gasteiger partial charge is 0.214 e. The minimum Gasteiger partial charge on any atom is -0.395 e. The Morgan fingerprint density at radius 3 is 2.70 bits per heavy atom. The van der Waals surface area contributed by atoms with Crippen LogP contribution in [0.1, 0.15) is 19.3 Å². The Balaban J connectivity index is 1.64. The molecule has 1 aromatic carbocycles. The summed E-state index contributed by atoms with van der Waals surface area (Å²) < 4.78 is 1.83. The van der Waals surface area contributed by atoms with Crippen molar-refractivity contribution in [1.82, 2.24) is 14.6 Å². The van der Waals surface area contributed by atoms with Gasteiger partial charge in [-0.05, 0) is 31.4 Å². The molecule has 1 N–H and O–H groups in total. The summed E-state index contributed by atoms with van der Waals surface area (Å²) in [5.74, 6) is 0. The molecule has 120 valence electrons. The number of rotatable bonds is 5. The summed E-state index contributed by atoms with van der Waals surface area (Å²) >= 11 is 7.50. The molecule has 7 heteroatoms. The van der Waals surface area contributed by atoms with Crippen molar-refractivity contribution in [3.63, 3.8) is 0 Å². The van der Waals surface area contributed by atoms with Crippen LogP contribution in [0, 0.1) is 0 Å². The lowest BCUT2D eigenvalue weighted by Gasteiger charge is -2.36. The van der Waals surface area contributed by atoms with E-state index in [0.29, 0.717) is 12.6 Å². The number of hydrogen-bond acceptors (Lipinski definition) is 5. The first-order valence-electron chi connectivity index (χ1n) is 7.74. The first kappa shape index (κ1) is 14.9. The van der Waals surface area contributed by atoms with Crippen LogP contribution in [0.2, 0.25) is 5.02 Å². The minimum absolute atomic E-state index is 0.147. The molecule has 2 heterocycles. The number of aliphatic hydroxyl groups excluding tert-OH is 1. The molecule has 1 aliphatic carbocycles. The van der Waals surface area contributed by atoms with Crippen molar-refractivity contribution in [2.45, 2.75) is 25.3 Å². The highest BCUT2D eigenvalue weighted by Gasteiger charge is 2.27. The number of nitrogens with zero attached hydrogens (tertiary/aromatic N) is 4. The van der Waals surface area contributed by atoms with Gasteiger partial charge in [0.2, 0.25) is 10.1 Å². The Morgan fingerprint density at radius 1 is 1.30 bits per heavy atom. The van der Waals surface area contributed by atoms with E-state index in [0.717, 1.165) is 26.4 Å². The van der Waals surface area contributed by atoms with Crippen LogP contribution in [0.15, 0.2) is 30.5 Å². The average Bonchev–Trinajstić information content (AvgIpc) is 3.04. The highest BCUT2D eigenvalue weighted by atomic mass is 35.5. The van der Waals surface area contributed by atoms with Crippen LogP contribution >= 0.6 is 22.9 Å². The van der Waals surface area contributed by atoms with Gasteiger partial charge < -0.3 is 10.0 Å². The van der Waals surface area contributed by atoms with Crippen molar-refractivity contribution < 1.29 is 5.11 Å². The molecular formula is C16H17ClN4OS. The molecule has 0 atom stereocenters. The number of benzene rings is 1. The minimum atomic E-state index is 0.147. The molecule has 0 spiro atoms. The maximum Gasteiger partial charge on any atom is 0.214 e. The Hall–Kier alpha value is -1.63. The number of hydrogen-bond donors (Lipinski definition) is 1. The zero-order valence-corrected chi connectivity index (χ0v) is 14.1. The van der Waals surface area contributed by atoms with Gasteiger partial charge >= 0.3 is 0 Å². The van der Waals surface area contributed by atoms with Crippen LogP contribution in [0.25, 0.3) is 16.2 Å². The Morgan fingerprint density at radius 2 is 2.09 bits per heavy atom. The predicted molar refractivity (Wildman–Crippen MR) is 93.4 cm³/mol. The van der Waals surface area contributed by atoms with Gasteiger partial charge in [-0.15, -0.1) is 5.10 Å². The molecule has 2 aromatic heterocycles. The van der Waals surface area contributed by atoms with Crippen LogP contribution in [-0.2, 0) is 0 Å². The van der Waals surface area contributed by atoms with Gasteiger partial charge in [0, 0.05) is 23.2 Å². The molecule has 23 heavy (non-hydrogen) atoms. The summed E-state index contributed by atoms with van der Waals surface area (Å²) in [5, 5.41) is 15.6. The third-order valence-electron chi connectivity index (χ3n) is 4.27. The topological polar surface area (TPSA) is 53.7 Å². The lowest BCUT2D eigenvalue weighted by atomic mass is 9.92. The molecule has 0 amide bonds. The summed E-state index contributed by atoms with van der Waals surface area (Å²) in [4.78, 5) is 7.75. The second-order valence-electron chi connectivity index (χ2n) is 5.75. The van der Waals surface area contributed by atoms with Gasteiger partial charge in [-0.3, -0.25) is 0 Å². The maximum atomic E-state index is 9.31. The Kier molecular flexibility index (Phi) is 3.97. The molecule has 0 unspecified atom stereocenters. The lowest BCUT2D eigenvalue weighted by molar-refractivity contribution is 0.283. The van der Waals surface area contributed by atoms with Crippen molar-refractivity contribution in [3.8, 4) is 11.3 Å². The van der Waals surface area contributed by atoms with Crippen LogP contribution in [0.3, 0.4) is 0 Å². The molecule has 0 bridgehead atoms. The van der Waals surface area contributed by atoms with E-state index in [9.17, 15) is 5.11 Å². The largest absolute Gasteiger partial charge is 0.395 e. The first-order chi connectivity index (χ1) is 11.2. The van der Waals surface area contributed by atoms with Crippen molar-refractivity contribution in [2.24, 2.45) is 0 Å². The number of imidazole rings is 1. The first-order valence-corrected chi connectivity index (χ1v) is 8.94. The second kappa shape index (κ2) is 6.11.